The molecule has 1 saturated carbocycles. The van der Waals surface area contributed by atoms with Gasteiger partial charge in [0.05, 0.1) is 30.9 Å². The zero-order chi connectivity index (χ0) is 17.2. The summed E-state index contributed by atoms with van der Waals surface area (Å²) < 4.78 is 13.2. The maximum atomic E-state index is 12.8. The van der Waals surface area contributed by atoms with Crippen molar-refractivity contribution in [1.82, 2.24) is 19.6 Å². The highest BCUT2D eigenvalue weighted by atomic mass is 16.5. The Hall–Kier alpha value is -2.15. The van der Waals surface area contributed by atoms with Gasteiger partial charge >= 0.3 is 0 Å². The van der Waals surface area contributed by atoms with E-state index in [4.69, 9.17) is 9.26 Å². The van der Waals surface area contributed by atoms with Crippen molar-refractivity contribution in [2.24, 2.45) is 11.8 Å². The van der Waals surface area contributed by atoms with Crippen LogP contribution in [-0.2, 0) is 17.8 Å². The molecule has 1 amide bonds. The third-order valence-corrected chi connectivity index (χ3v) is 5.14. The fraction of sp³-hybridized carbons (Fsp3) is 0.611. The Kier molecular flexibility index (Phi) is 4.57. The van der Waals surface area contributed by atoms with E-state index in [0.29, 0.717) is 31.2 Å². The van der Waals surface area contributed by atoms with Crippen molar-refractivity contribution in [3.8, 4) is 0 Å². The lowest BCUT2D eigenvalue weighted by Gasteiger charge is -2.27. The van der Waals surface area contributed by atoms with Gasteiger partial charge in [0.1, 0.15) is 0 Å². The second-order valence-corrected chi connectivity index (χ2v) is 7.26. The molecular formula is C18H24N4O3. The lowest BCUT2D eigenvalue weighted by atomic mass is 9.86. The Morgan fingerprint density at radius 1 is 1.32 bits per heavy atom. The molecule has 0 spiro atoms. The van der Waals surface area contributed by atoms with Gasteiger partial charge in [0.2, 0.25) is 5.76 Å². The van der Waals surface area contributed by atoms with E-state index >= 15 is 0 Å². The molecule has 0 N–H and O–H groups in total. The van der Waals surface area contributed by atoms with Crippen LogP contribution in [0.25, 0.3) is 0 Å². The van der Waals surface area contributed by atoms with Gasteiger partial charge in [-0.05, 0) is 25.7 Å². The summed E-state index contributed by atoms with van der Waals surface area (Å²) in [4.78, 5) is 18.8. The Morgan fingerprint density at radius 3 is 2.88 bits per heavy atom. The number of rotatable bonds is 5. The molecule has 3 heterocycles. The molecule has 2 aromatic rings. The molecule has 1 fully saturated rings. The summed E-state index contributed by atoms with van der Waals surface area (Å²) in [6.45, 7) is 5.30. The SMILES string of the molecule is Cc1cc(C(=O)N2Cc3cncn3CC(COCC3CCC3)C2)on1. The first-order valence-corrected chi connectivity index (χ1v) is 8.98. The third kappa shape index (κ3) is 3.61. The second-order valence-electron chi connectivity index (χ2n) is 7.26. The molecule has 1 atom stereocenters. The van der Waals surface area contributed by atoms with Crippen LogP contribution >= 0.6 is 0 Å². The average Bonchev–Trinajstić information content (AvgIpc) is 3.14. The van der Waals surface area contributed by atoms with E-state index in [-0.39, 0.29) is 11.8 Å². The van der Waals surface area contributed by atoms with Crippen molar-refractivity contribution in [3.05, 3.63) is 35.7 Å². The first-order valence-electron chi connectivity index (χ1n) is 8.98. The van der Waals surface area contributed by atoms with Gasteiger partial charge < -0.3 is 18.7 Å². The number of fused-ring (bicyclic) bond motifs is 1. The van der Waals surface area contributed by atoms with Gasteiger partial charge in [0, 0.05) is 37.9 Å². The molecule has 4 rings (SSSR count). The molecule has 1 unspecified atom stereocenters. The molecule has 7 nitrogen and oxygen atoms in total. The van der Waals surface area contributed by atoms with E-state index in [1.807, 2.05) is 24.3 Å². The van der Waals surface area contributed by atoms with Crippen LogP contribution in [0.4, 0.5) is 0 Å². The predicted molar refractivity (Wildman–Crippen MR) is 89.9 cm³/mol. The molecule has 0 radical (unpaired) electrons. The summed E-state index contributed by atoms with van der Waals surface area (Å²) in [6.07, 6.45) is 7.55. The number of hydrogen-bond donors (Lipinski definition) is 0. The number of carbonyl (C=O) groups excluding carboxylic acids is 1. The zero-order valence-corrected chi connectivity index (χ0v) is 14.6. The molecular weight excluding hydrogens is 320 g/mol. The highest BCUT2D eigenvalue weighted by Gasteiger charge is 2.28. The molecule has 25 heavy (non-hydrogen) atoms. The van der Waals surface area contributed by atoms with Crippen LogP contribution in [-0.4, -0.2) is 45.3 Å². The fourth-order valence-corrected chi connectivity index (χ4v) is 3.49. The molecule has 2 aromatic heterocycles. The summed E-state index contributed by atoms with van der Waals surface area (Å²) in [5.41, 5.74) is 1.75. The highest BCUT2D eigenvalue weighted by Crippen LogP contribution is 2.27. The average molecular weight is 344 g/mol. The molecule has 0 saturated heterocycles. The van der Waals surface area contributed by atoms with Gasteiger partial charge in [0.15, 0.2) is 0 Å². The standard InChI is InChI=1S/C18H24N4O3/c1-13-5-17(25-20-13)18(23)21-7-15(11-24-10-14-3-2-4-14)8-22-12-19-6-16(22)9-21/h5-6,12,14-15H,2-4,7-11H2,1H3. The molecule has 0 aromatic carbocycles. The minimum absolute atomic E-state index is 0.126. The number of aromatic nitrogens is 3. The maximum absolute atomic E-state index is 12.8. The second kappa shape index (κ2) is 7.00. The van der Waals surface area contributed by atoms with Crippen molar-refractivity contribution in [1.29, 1.82) is 0 Å². The van der Waals surface area contributed by atoms with Crippen molar-refractivity contribution in [3.63, 3.8) is 0 Å². The van der Waals surface area contributed by atoms with E-state index in [2.05, 4.69) is 14.7 Å². The molecule has 1 aliphatic carbocycles. The van der Waals surface area contributed by atoms with Crippen LogP contribution < -0.4 is 0 Å². The van der Waals surface area contributed by atoms with Crippen LogP contribution in [0.15, 0.2) is 23.1 Å². The van der Waals surface area contributed by atoms with Gasteiger partial charge in [-0.25, -0.2) is 4.98 Å². The van der Waals surface area contributed by atoms with E-state index < -0.39 is 0 Å². The first kappa shape index (κ1) is 16.3. The minimum Gasteiger partial charge on any atom is -0.381 e. The fourth-order valence-electron chi connectivity index (χ4n) is 3.49. The number of imidazole rings is 1. The lowest BCUT2D eigenvalue weighted by molar-refractivity contribution is 0.0337. The monoisotopic (exact) mass is 344 g/mol. The summed E-state index contributed by atoms with van der Waals surface area (Å²) >= 11 is 0. The van der Waals surface area contributed by atoms with E-state index in [0.717, 1.165) is 24.8 Å². The van der Waals surface area contributed by atoms with Crippen LogP contribution in [0.3, 0.4) is 0 Å². The van der Waals surface area contributed by atoms with Crippen molar-refractivity contribution in [2.45, 2.75) is 39.3 Å². The quantitative estimate of drug-likeness (QED) is 0.832. The summed E-state index contributed by atoms with van der Waals surface area (Å²) in [5.74, 6) is 1.13. The number of ether oxygens (including phenoxy) is 1. The number of amides is 1. The minimum atomic E-state index is -0.126. The predicted octanol–water partition coefficient (Wildman–Crippen LogP) is 2.27. The molecule has 7 heteroatoms. The molecule has 2 aliphatic rings. The van der Waals surface area contributed by atoms with Gasteiger partial charge in [-0.3, -0.25) is 4.79 Å². The zero-order valence-electron chi connectivity index (χ0n) is 14.6. The Labute approximate surface area is 146 Å². The molecule has 0 bridgehead atoms. The lowest BCUT2D eigenvalue weighted by Crippen LogP contribution is -2.35. The van der Waals surface area contributed by atoms with Crippen LogP contribution in [0.1, 0.15) is 41.2 Å². The topological polar surface area (TPSA) is 73.4 Å². The Morgan fingerprint density at radius 2 is 2.16 bits per heavy atom. The largest absolute Gasteiger partial charge is 0.381 e. The van der Waals surface area contributed by atoms with Gasteiger partial charge in [-0.1, -0.05) is 11.6 Å². The molecule has 134 valence electrons. The van der Waals surface area contributed by atoms with Crippen molar-refractivity contribution in [2.75, 3.05) is 19.8 Å². The van der Waals surface area contributed by atoms with Gasteiger partial charge in [-0.15, -0.1) is 0 Å². The highest BCUT2D eigenvalue weighted by molar-refractivity contribution is 5.91. The smallest absolute Gasteiger partial charge is 0.292 e. The van der Waals surface area contributed by atoms with Crippen molar-refractivity contribution < 1.29 is 14.1 Å². The normalized spacial score (nSPS) is 20.8. The number of hydrogen-bond acceptors (Lipinski definition) is 5. The van der Waals surface area contributed by atoms with Crippen LogP contribution in [0, 0.1) is 18.8 Å². The van der Waals surface area contributed by atoms with Gasteiger partial charge in [0.25, 0.3) is 5.91 Å². The van der Waals surface area contributed by atoms with E-state index in [1.54, 1.807) is 6.07 Å². The number of carbonyl (C=O) groups is 1. The maximum Gasteiger partial charge on any atom is 0.292 e. The van der Waals surface area contributed by atoms with Crippen LogP contribution in [0.5, 0.6) is 0 Å². The van der Waals surface area contributed by atoms with E-state index in [9.17, 15) is 4.79 Å². The Bertz CT molecular complexity index is 734. The van der Waals surface area contributed by atoms with E-state index in [1.165, 1.54) is 19.3 Å². The van der Waals surface area contributed by atoms with Crippen molar-refractivity contribution >= 4 is 5.91 Å². The summed E-state index contributed by atoms with van der Waals surface area (Å²) in [7, 11) is 0. The summed E-state index contributed by atoms with van der Waals surface area (Å²) in [6, 6.07) is 1.69. The number of aryl methyl sites for hydroxylation is 1. The van der Waals surface area contributed by atoms with Gasteiger partial charge in [-0.2, -0.15) is 0 Å². The third-order valence-electron chi connectivity index (χ3n) is 5.14. The Balaban J connectivity index is 1.45. The van der Waals surface area contributed by atoms with Crippen LogP contribution in [0.2, 0.25) is 0 Å². The first-order chi connectivity index (χ1) is 12.2. The number of nitrogens with zero attached hydrogens (tertiary/aromatic N) is 4. The summed E-state index contributed by atoms with van der Waals surface area (Å²) in [5, 5.41) is 3.83. The molecule has 1 aliphatic heterocycles.